The van der Waals surface area contributed by atoms with Gasteiger partial charge in [0.25, 0.3) is 0 Å². The lowest BCUT2D eigenvalue weighted by Gasteiger charge is -2.28. The van der Waals surface area contributed by atoms with E-state index < -0.39 is 29.4 Å². The first-order chi connectivity index (χ1) is 17.6. The molecular weight excluding hydrogens is 518 g/mol. The fraction of sp³-hybridized carbons (Fsp3) is 0.250. The number of rotatable bonds is 3. The zero-order valence-electron chi connectivity index (χ0n) is 20.5. The molecule has 0 fully saturated rings. The van der Waals surface area contributed by atoms with Crippen LogP contribution in [0.5, 0.6) is 0 Å². The summed E-state index contributed by atoms with van der Waals surface area (Å²) in [6, 6.07) is 8.48. The zero-order chi connectivity index (χ0) is 27.9. The Morgan fingerprint density at radius 2 is 1.42 bits per heavy atom. The molecule has 0 radical (unpaired) electrons. The second-order valence-corrected chi connectivity index (χ2v) is 9.49. The van der Waals surface area contributed by atoms with Gasteiger partial charge < -0.3 is 4.42 Å². The summed E-state index contributed by atoms with van der Waals surface area (Å²) < 4.78 is 117. The van der Waals surface area contributed by atoms with Gasteiger partial charge >= 0.3 is 18.0 Å². The molecule has 38 heavy (non-hydrogen) atoms. The van der Waals surface area contributed by atoms with E-state index in [9.17, 15) is 35.1 Å². The van der Waals surface area contributed by atoms with E-state index >= 15 is 0 Å². The normalized spacial score (nSPS) is 13.3. The van der Waals surface area contributed by atoms with Gasteiger partial charge in [0, 0.05) is 28.5 Å². The average molecular weight is 538 g/mol. The number of pyridine rings is 1. The van der Waals surface area contributed by atoms with Gasteiger partial charge in [0.15, 0.2) is 6.20 Å². The van der Waals surface area contributed by atoms with Crippen molar-refractivity contribution >= 4 is 32.7 Å². The molecule has 0 aliphatic heterocycles. The maximum absolute atomic E-state index is 14.4. The van der Waals surface area contributed by atoms with Gasteiger partial charge in [-0.25, -0.2) is 8.96 Å². The summed E-state index contributed by atoms with van der Waals surface area (Å²) in [5.74, 6) is -12.2. The van der Waals surface area contributed by atoms with Gasteiger partial charge in [-0.2, -0.15) is 30.7 Å². The molecule has 5 rings (SSSR count). The summed E-state index contributed by atoms with van der Waals surface area (Å²) in [4.78, 5) is 0. The standard InChI is InChI=1S/C28H20F8NO/c1-13-9-20-19-10-14(2)21(29)12-22(19)38-25(20)23(15(13)3)24-18-6-5-17(11-16(18)7-8-37(24)4)26(30,31)27(32,33)28(34,35)36/h5-12H,1-4H3/q+1. The fourth-order valence-electron chi connectivity index (χ4n) is 4.79. The molecular formula is C28H20F8NO+. The minimum atomic E-state index is -6.44. The van der Waals surface area contributed by atoms with Crippen LogP contribution < -0.4 is 4.57 Å². The molecule has 0 bridgehead atoms. The molecule has 0 atom stereocenters. The van der Waals surface area contributed by atoms with E-state index in [1.807, 2.05) is 19.9 Å². The second-order valence-electron chi connectivity index (χ2n) is 9.49. The Morgan fingerprint density at radius 3 is 2.08 bits per heavy atom. The number of aryl methyl sites for hydroxylation is 3. The Labute approximate surface area is 211 Å². The first-order valence-corrected chi connectivity index (χ1v) is 11.4. The molecule has 2 nitrogen and oxygen atoms in total. The number of alkyl halides is 7. The molecule has 0 unspecified atom stereocenters. The highest BCUT2D eigenvalue weighted by atomic mass is 19.4. The molecule has 0 saturated carbocycles. The van der Waals surface area contributed by atoms with E-state index in [0.717, 1.165) is 17.2 Å². The van der Waals surface area contributed by atoms with Crippen LogP contribution in [0.25, 0.3) is 44.0 Å². The van der Waals surface area contributed by atoms with E-state index in [-0.39, 0.29) is 5.39 Å². The van der Waals surface area contributed by atoms with Gasteiger partial charge in [-0.1, -0.05) is 6.07 Å². The number of hydrogen-bond acceptors (Lipinski definition) is 1. The molecule has 10 heteroatoms. The van der Waals surface area contributed by atoms with E-state index in [0.29, 0.717) is 56.3 Å². The van der Waals surface area contributed by atoms with Crippen LogP contribution in [-0.2, 0) is 13.0 Å². The lowest BCUT2D eigenvalue weighted by molar-refractivity contribution is -0.659. The van der Waals surface area contributed by atoms with Crippen molar-refractivity contribution in [3.8, 4) is 11.3 Å². The van der Waals surface area contributed by atoms with Crippen LogP contribution in [0.2, 0.25) is 0 Å². The van der Waals surface area contributed by atoms with Crippen molar-refractivity contribution in [2.45, 2.75) is 38.8 Å². The Balaban J connectivity index is 1.82. The quantitative estimate of drug-likeness (QED) is 0.166. The zero-order valence-corrected chi connectivity index (χ0v) is 20.5. The van der Waals surface area contributed by atoms with Crippen molar-refractivity contribution in [2.24, 2.45) is 7.05 Å². The third-order valence-corrected chi connectivity index (χ3v) is 7.05. The van der Waals surface area contributed by atoms with Crippen LogP contribution in [0, 0.1) is 26.6 Å². The molecule has 0 aliphatic carbocycles. The number of fused-ring (bicyclic) bond motifs is 4. The highest BCUT2D eigenvalue weighted by Crippen LogP contribution is 2.52. The summed E-state index contributed by atoms with van der Waals surface area (Å²) in [5.41, 5.74) is 2.28. The number of halogens is 8. The molecule has 3 aromatic carbocycles. The third kappa shape index (κ3) is 3.56. The van der Waals surface area contributed by atoms with Gasteiger partial charge in [-0.15, -0.1) is 0 Å². The lowest BCUT2D eigenvalue weighted by atomic mass is 9.92. The Kier molecular flexibility index (Phi) is 5.56. The second kappa shape index (κ2) is 8.15. The molecule has 0 aliphatic rings. The van der Waals surface area contributed by atoms with Crippen molar-refractivity contribution in [1.29, 1.82) is 0 Å². The van der Waals surface area contributed by atoms with Gasteiger partial charge in [0.05, 0.1) is 10.9 Å². The molecule has 2 aromatic heterocycles. The number of nitrogens with zero attached hydrogens (tertiary/aromatic N) is 1. The molecule has 0 amide bonds. The largest absolute Gasteiger partial charge is 0.460 e. The van der Waals surface area contributed by atoms with Gasteiger partial charge in [-0.05, 0) is 67.1 Å². The predicted molar refractivity (Wildman–Crippen MR) is 127 cm³/mol. The topological polar surface area (TPSA) is 17.0 Å². The first kappa shape index (κ1) is 25.9. The minimum absolute atomic E-state index is 0.0281. The molecule has 0 N–H and O–H groups in total. The van der Waals surface area contributed by atoms with Gasteiger partial charge in [-0.3, -0.25) is 0 Å². The van der Waals surface area contributed by atoms with E-state index in [1.54, 1.807) is 24.6 Å². The monoisotopic (exact) mass is 538 g/mol. The summed E-state index contributed by atoms with van der Waals surface area (Å²) in [6.07, 6.45) is -4.95. The maximum atomic E-state index is 14.4. The molecule has 0 saturated heterocycles. The van der Waals surface area contributed by atoms with Crippen molar-refractivity contribution in [2.75, 3.05) is 0 Å². The highest BCUT2D eigenvalue weighted by Gasteiger charge is 2.73. The number of furan rings is 1. The Hall–Kier alpha value is -3.69. The van der Waals surface area contributed by atoms with Gasteiger partial charge in [0.1, 0.15) is 24.0 Å². The summed E-state index contributed by atoms with van der Waals surface area (Å²) >= 11 is 0. The molecule has 2 heterocycles. The van der Waals surface area contributed by atoms with Crippen molar-refractivity contribution < 1.29 is 44.1 Å². The fourth-order valence-corrected chi connectivity index (χ4v) is 4.79. The van der Waals surface area contributed by atoms with Crippen LogP contribution >= 0.6 is 0 Å². The van der Waals surface area contributed by atoms with Crippen molar-refractivity contribution in [3.63, 3.8) is 0 Å². The van der Waals surface area contributed by atoms with E-state index in [1.165, 1.54) is 18.3 Å². The molecule has 5 aromatic rings. The number of hydrogen-bond donors (Lipinski definition) is 0. The summed E-state index contributed by atoms with van der Waals surface area (Å²) in [6.45, 7) is 5.29. The minimum Gasteiger partial charge on any atom is -0.455 e. The SMILES string of the molecule is Cc1cc2c(cc1F)oc1c(-c3c4ccc(C(F)(F)C(F)(F)C(F)(F)F)cc4cc[n+]3C)c(C)c(C)cc12. The first-order valence-electron chi connectivity index (χ1n) is 11.4. The molecule has 198 valence electrons. The van der Waals surface area contributed by atoms with Crippen LogP contribution in [-0.4, -0.2) is 12.1 Å². The third-order valence-electron chi connectivity index (χ3n) is 7.05. The lowest BCUT2D eigenvalue weighted by Crippen LogP contribution is -2.50. The average Bonchev–Trinajstić information content (AvgIpc) is 3.16. The number of benzene rings is 3. The Morgan fingerprint density at radius 1 is 0.763 bits per heavy atom. The van der Waals surface area contributed by atoms with Crippen LogP contribution in [0.3, 0.4) is 0 Å². The van der Waals surface area contributed by atoms with Crippen LogP contribution in [0.1, 0.15) is 22.3 Å². The maximum Gasteiger partial charge on any atom is 0.460 e. The summed E-state index contributed by atoms with van der Waals surface area (Å²) in [5, 5.41) is 1.71. The van der Waals surface area contributed by atoms with Gasteiger partial charge in [0.2, 0.25) is 5.69 Å². The smallest absolute Gasteiger partial charge is 0.455 e. The summed E-state index contributed by atoms with van der Waals surface area (Å²) in [7, 11) is 1.68. The van der Waals surface area contributed by atoms with Crippen LogP contribution in [0.15, 0.2) is 53.1 Å². The van der Waals surface area contributed by atoms with Crippen molar-refractivity contribution in [3.05, 3.63) is 76.7 Å². The van der Waals surface area contributed by atoms with Crippen molar-refractivity contribution in [1.82, 2.24) is 0 Å². The van der Waals surface area contributed by atoms with Crippen LogP contribution in [0.4, 0.5) is 35.1 Å². The van der Waals surface area contributed by atoms with E-state index in [4.69, 9.17) is 4.42 Å². The number of aromatic nitrogens is 1. The highest BCUT2D eigenvalue weighted by molar-refractivity contribution is 6.12. The predicted octanol–water partition coefficient (Wildman–Crippen LogP) is 8.58. The van der Waals surface area contributed by atoms with E-state index in [2.05, 4.69) is 0 Å². The Bertz CT molecular complexity index is 1770. The molecule has 0 spiro atoms.